The lowest BCUT2D eigenvalue weighted by atomic mass is 9.72. The molecule has 0 bridgehead atoms. The summed E-state index contributed by atoms with van der Waals surface area (Å²) < 4.78 is 11.4. The summed E-state index contributed by atoms with van der Waals surface area (Å²) in [6.07, 6.45) is 4.31. The van der Waals surface area contributed by atoms with Gasteiger partial charge in [0.05, 0.1) is 10.6 Å². The zero-order chi connectivity index (χ0) is 13.7. The van der Waals surface area contributed by atoms with E-state index in [0.29, 0.717) is 16.5 Å². The van der Waals surface area contributed by atoms with Crippen LogP contribution in [0.5, 0.6) is 11.5 Å². The van der Waals surface area contributed by atoms with Gasteiger partial charge in [-0.15, -0.1) is 0 Å². The van der Waals surface area contributed by atoms with E-state index in [2.05, 4.69) is 4.99 Å². The molecular weight excluding hydrogens is 266 g/mol. The average Bonchev–Trinajstić information content (AvgIpc) is 2.56. The number of carbonyl (C=O) groups excluding carboxylic acids is 1. The summed E-state index contributed by atoms with van der Waals surface area (Å²) in [6.45, 7) is 3.67. The van der Waals surface area contributed by atoms with E-state index in [9.17, 15) is 4.79 Å². The molecule has 5 heteroatoms. The zero-order valence-electron chi connectivity index (χ0n) is 10.8. The summed E-state index contributed by atoms with van der Waals surface area (Å²) in [5, 5.41) is 0.554. The fraction of sp³-hybridized carbons (Fsp3) is 0.500. The number of nitrogens with zero attached hydrogens (tertiary/aromatic N) is 1. The van der Waals surface area contributed by atoms with E-state index >= 15 is 0 Å². The molecule has 0 atom stereocenters. The van der Waals surface area contributed by atoms with Crippen LogP contribution in [0.25, 0.3) is 0 Å². The van der Waals surface area contributed by atoms with Gasteiger partial charge in [0.25, 0.3) is 0 Å². The van der Waals surface area contributed by atoms with Crippen LogP contribution in [0.4, 0.5) is 0 Å². The Morgan fingerprint density at radius 3 is 2.42 bits per heavy atom. The van der Waals surface area contributed by atoms with E-state index < -0.39 is 11.3 Å². The van der Waals surface area contributed by atoms with E-state index in [1.54, 1.807) is 12.1 Å². The first-order chi connectivity index (χ1) is 8.96. The highest BCUT2D eigenvalue weighted by Crippen LogP contribution is 2.51. The van der Waals surface area contributed by atoms with Crippen LogP contribution in [0.2, 0.25) is 5.02 Å². The first-order valence-electron chi connectivity index (χ1n) is 6.27. The van der Waals surface area contributed by atoms with Crippen LogP contribution in [-0.4, -0.2) is 11.9 Å². The van der Waals surface area contributed by atoms with E-state index in [1.165, 1.54) is 0 Å². The number of halogens is 1. The Labute approximate surface area is 116 Å². The minimum atomic E-state index is -0.689. The smallest absolute Gasteiger partial charge is 0.246 e. The molecule has 100 valence electrons. The standard InChI is InChI=1S/C14H14ClNO3/c1-13(2)18-11-6-9(10(15)7-12(11)19-13)14(16-8-17)4-3-5-14/h6-7H,3-5H2,1-2H3. The molecule has 0 radical (unpaired) electrons. The topological polar surface area (TPSA) is 47.9 Å². The molecule has 3 rings (SSSR count). The molecule has 1 aromatic rings. The van der Waals surface area contributed by atoms with Crippen molar-refractivity contribution >= 4 is 17.7 Å². The third kappa shape index (κ3) is 1.92. The summed E-state index contributed by atoms with van der Waals surface area (Å²) in [7, 11) is 0. The third-order valence-corrected chi connectivity index (χ3v) is 4.00. The van der Waals surface area contributed by atoms with Crippen molar-refractivity contribution in [2.45, 2.75) is 44.4 Å². The largest absolute Gasteiger partial charge is 0.449 e. The van der Waals surface area contributed by atoms with Crippen molar-refractivity contribution in [3.05, 3.63) is 22.7 Å². The number of aliphatic imine (C=N–C) groups is 1. The van der Waals surface area contributed by atoms with Gasteiger partial charge in [0.2, 0.25) is 11.9 Å². The second kappa shape index (κ2) is 3.99. The molecule has 19 heavy (non-hydrogen) atoms. The molecule has 2 aliphatic rings. The summed E-state index contributed by atoms with van der Waals surface area (Å²) in [6, 6.07) is 3.58. The fourth-order valence-electron chi connectivity index (χ4n) is 2.64. The first kappa shape index (κ1) is 12.5. The lowest BCUT2D eigenvalue weighted by molar-refractivity contribution is -0.0431. The Balaban J connectivity index is 2.08. The Morgan fingerprint density at radius 2 is 1.89 bits per heavy atom. The molecule has 1 aromatic carbocycles. The average molecular weight is 280 g/mol. The van der Waals surface area contributed by atoms with Gasteiger partial charge in [-0.2, -0.15) is 4.99 Å². The maximum absolute atomic E-state index is 10.6. The van der Waals surface area contributed by atoms with Gasteiger partial charge in [0.15, 0.2) is 11.5 Å². The van der Waals surface area contributed by atoms with Crippen molar-refractivity contribution < 1.29 is 14.3 Å². The van der Waals surface area contributed by atoms with E-state index in [0.717, 1.165) is 24.8 Å². The number of hydrogen-bond donors (Lipinski definition) is 0. The quantitative estimate of drug-likeness (QED) is 0.614. The SMILES string of the molecule is CC1(C)Oc2cc(Cl)c(C3(N=C=O)CCC3)cc2O1. The molecule has 0 saturated heterocycles. The Kier molecular flexibility index (Phi) is 2.63. The lowest BCUT2D eigenvalue weighted by Gasteiger charge is -2.37. The maximum atomic E-state index is 10.6. The van der Waals surface area contributed by atoms with Crippen molar-refractivity contribution in [3.63, 3.8) is 0 Å². The van der Waals surface area contributed by atoms with Crippen LogP contribution in [0, 0.1) is 0 Å². The van der Waals surface area contributed by atoms with Crippen LogP contribution in [0.3, 0.4) is 0 Å². The lowest BCUT2D eigenvalue weighted by Crippen LogP contribution is -2.32. The van der Waals surface area contributed by atoms with E-state index in [1.807, 2.05) is 19.9 Å². The first-order valence-corrected chi connectivity index (χ1v) is 6.65. The van der Waals surface area contributed by atoms with Gasteiger partial charge in [-0.05, 0) is 25.3 Å². The van der Waals surface area contributed by atoms with Crippen molar-refractivity contribution in [1.82, 2.24) is 0 Å². The number of benzene rings is 1. The van der Waals surface area contributed by atoms with Crippen LogP contribution in [-0.2, 0) is 10.3 Å². The molecule has 0 aromatic heterocycles. The van der Waals surface area contributed by atoms with Gasteiger partial charge in [-0.1, -0.05) is 11.6 Å². The molecule has 0 spiro atoms. The highest BCUT2D eigenvalue weighted by molar-refractivity contribution is 6.31. The van der Waals surface area contributed by atoms with Gasteiger partial charge in [-0.3, -0.25) is 0 Å². The number of ether oxygens (including phenoxy) is 2. The Morgan fingerprint density at radius 1 is 1.26 bits per heavy atom. The van der Waals surface area contributed by atoms with Gasteiger partial charge in [0, 0.05) is 25.5 Å². The predicted molar refractivity (Wildman–Crippen MR) is 70.4 cm³/mol. The highest BCUT2D eigenvalue weighted by atomic mass is 35.5. The summed E-state index contributed by atoms with van der Waals surface area (Å²) in [5.74, 6) is 0.588. The summed E-state index contributed by atoms with van der Waals surface area (Å²) in [5.41, 5.74) is 0.299. The number of isocyanates is 1. The van der Waals surface area contributed by atoms with E-state index in [4.69, 9.17) is 21.1 Å². The Bertz CT molecular complexity index is 587. The molecular formula is C14H14ClNO3. The van der Waals surface area contributed by atoms with Crippen LogP contribution >= 0.6 is 11.6 Å². The van der Waals surface area contributed by atoms with Gasteiger partial charge >= 0.3 is 0 Å². The summed E-state index contributed by atoms with van der Waals surface area (Å²) in [4.78, 5) is 14.6. The molecule has 1 saturated carbocycles. The fourth-order valence-corrected chi connectivity index (χ4v) is 2.97. The number of rotatable bonds is 2. The molecule has 1 fully saturated rings. The normalized spacial score (nSPS) is 21.4. The minimum Gasteiger partial charge on any atom is -0.449 e. The molecule has 0 unspecified atom stereocenters. The molecule has 1 heterocycles. The van der Waals surface area contributed by atoms with Crippen LogP contribution in [0.15, 0.2) is 17.1 Å². The van der Waals surface area contributed by atoms with Crippen molar-refractivity contribution in [1.29, 1.82) is 0 Å². The van der Waals surface area contributed by atoms with Crippen molar-refractivity contribution in [2.24, 2.45) is 4.99 Å². The number of fused-ring (bicyclic) bond motifs is 1. The predicted octanol–water partition coefficient (Wildman–Crippen LogP) is 3.56. The van der Waals surface area contributed by atoms with Crippen LogP contribution in [0.1, 0.15) is 38.7 Å². The van der Waals surface area contributed by atoms with Gasteiger partial charge in [0.1, 0.15) is 0 Å². The highest BCUT2D eigenvalue weighted by Gasteiger charge is 2.42. The zero-order valence-corrected chi connectivity index (χ0v) is 11.6. The molecule has 0 N–H and O–H groups in total. The summed E-state index contributed by atoms with van der Waals surface area (Å²) >= 11 is 6.31. The molecule has 1 aliphatic heterocycles. The molecule has 0 amide bonds. The van der Waals surface area contributed by atoms with Crippen LogP contribution < -0.4 is 9.47 Å². The maximum Gasteiger partial charge on any atom is 0.246 e. The van der Waals surface area contributed by atoms with Crippen molar-refractivity contribution in [2.75, 3.05) is 0 Å². The van der Waals surface area contributed by atoms with Crippen molar-refractivity contribution in [3.8, 4) is 11.5 Å². The Hall–Kier alpha value is -1.51. The second-order valence-corrected chi connectivity index (χ2v) is 5.88. The second-order valence-electron chi connectivity index (χ2n) is 5.47. The van der Waals surface area contributed by atoms with Gasteiger partial charge < -0.3 is 9.47 Å². The van der Waals surface area contributed by atoms with Gasteiger partial charge in [-0.25, -0.2) is 4.79 Å². The van der Waals surface area contributed by atoms with E-state index in [-0.39, 0.29) is 0 Å². The monoisotopic (exact) mass is 279 g/mol. The number of hydrogen-bond acceptors (Lipinski definition) is 4. The molecule has 4 nitrogen and oxygen atoms in total. The molecule has 1 aliphatic carbocycles. The third-order valence-electron chi connectivity index (χ3n) is 3.69. The minimum absolute atomic E-state index is 0.524.